The van der Waals surface area contributed by atoms with Crippen LogP contribution >= 0.6 is 0 Å². The summed E-state index contributed by atoms with van der Waals surface area (Å²) in [6, 6.07) is 0. The molecule has 0 heterocycles. The largest absolute Gasteiger partial charge is 0.478 e. The van der Waals surface area contributed by atoms with Gasteiger partial charge in [-0.05, 0) is 13.8 Å². The molecule has 0 saturated heterocycles. The molecule has 74 valence electrons. The van der Waals surface area contributed by atoms with Crippen LogP contribution in [0.4, 0.5) is 0 Å². The van der Waals surface area contributed by atoms with E-state index in [9.17, 15) is 9.59 Å². The van der Waals surface area contributed by atoms with Gasteiger partial charge < -0.3 is 10.2 Å². The fourth-order valence-electron chi connectivity index (χ4n) is 0. The Morgan fingerprint density at radius 2 is 1.00 bits per heavy atom. The molecule has 0 aliphatic rings. The van der Waals surface area contributed by atoms with Crippen molar-refractivity contribution in [3.63, 3.8) is 0 Å². The van der Waals surface area contributed by atoms with Gasteiger partial charge in [-0.3, -0.25) is 0 Å². The summed E-state index contributed by atoms with van der Waals surface area (Å²) < 4.78 is 0. The van der Waals surface area contributed by atoms with Crippen LogP contribution in [0.2, 0.25) is 0 Å². The Morgan fingerprint density at radius 1 is 0.923 bits per heavy atom. The van der Waals surface area contributed by atoms with Crippen molar-refractivity contribution in [1.29, 1.82) is 0 Å². The molecule has 0 saturated carbocycles. The molecule has 0 atom stereocenters. The summed E-state index contributed by atoms with van der Waals surface area (Å²) in [5, 5.41) is 15.8. The Bertz CT molecular complexity index is 172. The summed E-state index contributed by atoms with van der Waals surface area (Å²) in [6.07, 6.45) is 0. The van der Waals surface area contributed by atoms with Crippen molar-refractivity contribution in [2.75, 3.05) is 0 Å². The van der Waals surface area contributed by atoms with Crippen LogP contribution in [0.15, 0.2) is 24.3 Å². The Hall–Kier alpha value is -0.892. The third-order valence-corrected chi connectivity index (χ3v) is 0.730. The molecule has 5 heteroatoms. The van der Waals surface area contributed by atoms with Gasteiger partial charge in [0.15, 0.2) is 0 Å². The third kappa shape index (κ3) is 18.2. The Kier molecular flexibility index (Phi) is 12.7. The first-order valence-electron chi connectivity index (χ1n) is 3.06. The summed E-state index contributed by atoms with van der Waals surface area (Å²) in [4.78, 5) is 19.2. The van der Waals surface area contributed by atoms with Crippen LogP contribution in [-0.2, 0) is 30.7 Å². The molecule has 0 unspecified atom stereocenters. The first kappa shape index (κ1) is 18.0. The van der Waals surface area contributed by atoms with E-state index in [1.165, 1.54) is 13.8 Å². The second-order valence-electron chi connectivity index (χ2n) is 2.17. The maximum absolute atomic E-state index is 9.60. The summed E-state index contributed by atoms with van der Waals surface area (Å²) >= 11 is 0. The van der Waals surface area contributed by atoms with Crippen LogP contribution < -0.4 is 0 Å². The number of rotatable bonds is 2. The summed E-state index contributed by atoms with van der Waals surface area (Å²) in [7, 11) is 0. The molecule has 0 aliphatic heterocycles. The van der Waals surface area contributed by atoms with Crippen LogP contribution in [-0.4, -0.2) is 22.2 Å². The molecule has 13 heavy (non-hydrogen) atoms. The standard InChI is InChI=1S/2C4H6O2.Mo/c2*1-3(2)4(5)6;/h2*1H2,2H3,(H,5,6);. The molecule has 0 rings (SSSR count). The molecule has 0 aliphatic carbocycles. The zero-order chi connectivity index (χ0) is 10.3. The van der Waals surface area contributed by atoms with E-state index < -0.39 is 11.9 Å². The van der Waals surface area contributed by atoms with Crippen molar-refractivity contribution < 1.29 is 40.9 Å². The second kappa shape index (κ2) is 9.20. The van der Waals surface area contributed by atoms with Gasteiger partial charge >= 0.3 is 11.9 Å². The first-order valence-corrected chi connectivity index (χ1v) is 3.06. The van der Waals surface area contributed by atoms with Crippen molar-refractivity contribution in [2.24, 2.45) is 0 Å². The van der Waals surface area contributed by atoms with E-state index in [2.05, 4.69) is 13.2 Å². The molecule has 0 bridgehead atoms. The second-order valence-corrected chi connectivity index (χ2v) is 2.17. The van der Waals surface area contributed by atoms with Gasteiger partial charge in [-0.2, -0.15) is 0 Å². The Labute approximate surface area is 91.2 Å². The van der Waals surface area contributed by atoms with Gasteiger partial charge in [-0.25, -0.2) is 9.59 Å². The SMILES string of the molecule is C=C(C)C(=O)O.C=C(C)C(=O)O.[Mo]. The summed E-state index contributed by atoms with van der Waals surface area (Å²) in [5.41, 5.74) is 0.352. The predicted molar refractivity (Wildman–Crippen MR) is 44.9 cm³/mol. The van der Waals surface area contributed by atoms with Crippen LogP contribution in [0, 0.1) is 0 Å². The van der Waals surface area contributed by atoms with E-state index in [0.717, 1.165) is 0 Å². The summed E-state index contributed by atoms with van der Waals surface area (Å²) in [5.74, 6) is -1.87. The molecular formula is C8H12MoO4. The minimum atomic E-state index is -0.935. The fourth-order valence-corrected chi connectivity index (χ4v) is 0. The van der Waals surface area contributed by atoms with E-state index in [4.69, 9.17) is 10.2 Å². The topological polar surface area (TPSA) is 74.6 Å². The predicted octanol–water partition coefficient (Wildman–Crippen LogP) is 1.29. The fraction of sp³-hybridized carbons (Fsp3) is 0.250. The van der Waals surface area contributed by atoms with E-state index >= 15 is 0 Å². The van der Waals surface area contributed by atoms with Crippen molar-refractivity contribution in [2.45, 2.75) is 13.8 Å². The molecule has 0 aromatic heterocycles. The third-order valence-electron chi connectivity index (χ3n) is 0.730. The number of carboxylic acid groups (broad SMARTS) is 2. The van der Waals surface area contributed by atoms with Crippen molar-refractivity contribution in [3.05, 3.63) is 24.3 Å². The minimum absolute atomic E-state index is 0. The Balaban J connectivity index is -0.000000143. The van der Waals surface area contributed by atoms with Crippen LogP contribution in [0.25, 0.3) is 0 Å². The molecule has 2 N–H and O–H groups in total. The maximum Gasteiger partial charge on any atom is 0.330 e. The zero-order valence-electron chi connectivity index (χ0n) is 7.53. The van der Waals surface area contributed by atoms with Crippen LogP contribution in [0.1, 0.15) is 13.8 Å². The van der Waals surface area contributed by atoms with Gasteiger partial charge in [-0.15, -0.1) is 0 Å². The van der Waals surface area contributed by atoms with Crippen molar-refractivity contribution in [1.82, 2.24) is 0 Å². The zero-order valence-corrected chi connectivity index (χ0v) is 9.54. The number of carboxylic acids is 2. The maximum atomic E-state index is 9.60. The van der Waals surface area contributed by atoms with Gasteiger partial charge in [0.1, 0.15) is 0 Å². The van der Waals surface area contributed by atoms with Crippen molar-refractivity contribution >= 4 is 11.9 Å². The molecule has 0 aromatic carbocycles. The van der Waals surface area contributed by atoms with E-state index in [1.54, 1.807) is 0 Å². The van der Waals surface area contributed by atoms with Gasteiger partial charge in [0.05, 0.1) is 0 Å². The smallest absolute Gasteiger partial charge is 0.330 e. The summed E-state index contributed by atoms with van der Waals surface area (Å²) in [6.45, 7) is 9.20. The van der Waals surface area contributed by atoms with Crippen LogP contribution in [0.5, 0.6) is 0 Å². The number of hydrogen-bond donors (Lipinski definition) is 2. The van der Waals surface area contributed by atoms with E-state index in [1.807, 2.05) is 0 Å². The van der Waals surface area contributed by atoms with Gasteiger partial charge in [0.25, 0.3) is 0 Å². The van der Waals surface area contributed by atoms with Gasteiger partial charge in [0, 0.05) is 32.2 Å². The van der Waals surface area contributed by atoms with E-state index in [-0.39, 0.29) is 32.2 Å². The molecule has 0 spiro atoms. The minimum Gasteiger partial charge on any atom is -0.478 e. The number of hydrogen-bond acceptors (Lipinski definition) is 2. The van der Waals surface area contributed by atoms with Gasteiger partial charge in [0.2, 0.25) is 0 Å². The van der Waals surface area contributed by atoms with Gasteiger partial charge in [-0.1, -0.05) is 13.2 Å². The van der Waals surface area contributed by atoms with E-state index in [0.29, 0.717) is 0 Å². The molecule has 0 amide bonds. The molecule has 0 aromatic rings. The normalized spacial score (nSPS) is 6.92. The quantitative estimate of drug-likeness (QED) is 0.584. The van der Waals surface area contributed by atoms with Crippen molar-refractivity contribution in [3.8, 4) is 0 Å². The average Bonchev–Trinajstić information content (AvgIpc) is 1.88. The number of carbonyl (C=O) groups is 2. The first-order chi connectivity index (χ1) is 5.29. The number of aliphatic carboxylic acids is 2. The van der Waals surface area contributed by atoms with Crippen LogP contribution in [0.3, 0.4) is 0 Å². The Morgan fingerprint density at radius 3 is 1.00 bits per heavy atom. The monoisotopic (exact) mass is 270 g/mol. The molecule has 4 nitrogen and oxygen atoms in total. The average molecular weight is 268 g/mol. The molecule has 0 fully saturated rings. The molecular weight excluding hydrogens is 256 g/mol. The molecule has 0 radical (unpaired) electrons.